The number of hydrogen-bond acceptors (Lipinski definition) is 2. The summed E-state index contributed by atoms with van der Waals surface area (Å²) >= 11 is 2.01. The number of thioether (sulfide) groups is 1. The fourth-order valence-electron chi connectivity index (χ4n) is 2.81. The van der Waals surface area contributed by atoms with Crippen molar-refractivity contribution in [2.75, 3.05) is 5.75 Å². The van der Waals surface area contributed by atoms with Gasteiger partial charge < -0.3 is 10.3 Å². The topological polar surface area (TPSA) is 30.9 Å². The van der Waals surface area contributed by atoms with Crippen molar-refractivity contribution in [1.82, 2.24) is 4.57 Å². The molecule has 1 aliphatic heterocycles. The predicted octanol–water partition coefficient (Wildman–Crippen LogP) is 2.99. The van der Waals surface area contributed by atoms with E-state index in [-0.39, 0.29) is 0 Å². The number of para-hydroxylation sites is 1. The molecule has 0 aliphatic carbocycles. The first-order valence-electron chi connectivity index (χ1n) is 6.09. The molecule has 0 bridgehead atoms. The fraction of sp³-hybridized carbons (Fsp3) is 0.429. The molecule has 2 aromatic rings. The van der Waals surface area contributed by atoms with Crippen LogP contribution in [0.5, 0.6) is 0 Å². The first kappa shape index (κ1) is 11.2. The van der Waals surface area contributed by atoms with Crippen LogP contribution in [0.25, 0.3) is 10.9 Å². The number of hydrogen-bond donors (Lipinski definition) is 1. The van der Waals surface area contributed by atoms with Gasteiger partial charge in [0.15, 0.2) is 0 Å². The lowest BCUT2D eigenvalue weighted by Crippen LogP contribution is -2.18. The summed E-state index contributed by atoms with van der Waals surface area (Å²) in [6.45, 7) is 2.22. The lowest BCUT2D eigenvalue weighted by Gasteiger charge is -2.10. The van der Waals surface area contributed by atoms with Gasteiger partial charge in [0, 0.05) is 40.7 Å². The van der Waals surface area contributed by atoms with Crippen molar-refractivity contribution >= 4 is 22.7 Å². The Bertz CT molecular complexity index is 559. The normalized spacial score (nSPS) is 24.6. The van der Waals surface area contributed by atoms with Crippen LogP contribution in [0.1, 0.15) is 22.9 Å². The van der Waals surface area contributed by atoms with E-state index in [0.717, 1.165) is 12.2 Å². The third-order valence-electron chi connectivity index (χ3n) is 3.80. The van der Waals surface area contributed by atoms with E-state index in [9.17, 15) is 0 Å². The molecule has 17 heavy (non-hydrogen) atoms. The minimum Gasteiger partial charge on any atom is -0.348 e. The molecule has 1 aliphatic rings. The highest BCUT2D eigenvalue weighted by atomic mass is 32.2. The van der Waals surface area contributed by atoms with E-state index >= 15 is 0 Å². The van der Waals surface area contributed by atoms with E-state index in [4.69, 9.17) is 5.73 Å². The number of benzene rings is 1. The molecule has 2 heterocycles. The number of fused-ring (bicyclic) bond motifs is 1. The second-order valence-electron chi connectivity index (χ2n) is 4.89. The van der Waals surface area contributed by atoms with Crippen molar-refractivity contribution in [3.63, 3.8) is 0 Å². The zero-order chi connectivity index (χ0) is 12.0. The third kappa shape index (κ3) is 1.69. The van der Waals surface area contributed by atoms with E-state index in [1.807, 2.05) is 11.8 Å². The molecular formula is C14H18N2S. The molecule has 0 radical (unpaired) electrons. The second-order valence-corrected chi connectivity index (χ2v) is 6.13. The molecule has 90 valence electrons. The van der Waals surface area contributed by atoms with Crippen LogP contribution < -0.4 is 5.73 Å². The number of rotatable bonds is 1. The average Bonchev–Trinajstić information content (AvgIpc) is 2.84. The van der Waals surface area contributed by atoms with Gasteiger partial charge in [-0.1, -0.05) is 18.2 Å². The Hall–Kier alpha value is -0.930. The van der Waals surface area contributed by atoms with Gasteiger partial charge in [-0.3, -0.25) is 0 Å². The molecule has 2 N–H and O–H groups in total. The van der Waals surface area contributed by atoms with Crippen molar-refractivity contribution in [3.8, 4) is 0 Å². The third-order valence-corrected chi connectivity index (χ3v) is 5.25. The highest BCUT2D eigenvalue weighted by molar-refractivity contribution is 7.99. The van der Waals surface area contributed by atoms with Crippen molar-refractivity contribution in [2.24, 2.45) is 12.8 Å². The first-order chi connectivity index (χ1) is 8.18. The van der Waals surface area contributed by atoms with Crippen molar-refractivity contribution in [3.05, 3.63) is 35.5 Å². The Balaban J connectivity index is 2.18. The SMILES string of the molecule is Cc1c(C2CC(N)CS2)c2ccccc2n1C. The van der Waals surface area contributed by atoms with Gasteiger partial charge in [0.1, 0.15) is 0 Å². The summed E-state index contributed by atoms with van der Waals surface area (Å²) in [6, 6.07) is 9.04. The molecule has 1 aromatic carbocycles. The molecule has 2 atom stereocenters. The average molecular weight is 246 g/mol. The zero-order valence-electron chi connectivity index (χ0n) is 10.3. The Morgan fingerprint density at radius 1 is 1.35 bits per heavy atom. The van der Waals surface area contributed by atoms with Crippen LogP contribution in [0.15, 0.2) is 24.3 Å². The maximum atomic E-state index is 6.04. The highest BCUT2D eigenvalue weighted by Gasteiger charge is 2.28. The van der Waals surface area contributed by atoms with E-state index in [2.05, 4.69) is 42.8 Å². The first-order valence-corrected chi connectivity index (χ1v) is 7.14. The minimum atomic E-state index is 0.364. The summed E-state index contributed by atoms with van der Waals surface area (Å²) in [5.74, 6) is 1.09. The standard InChI is InChI=1S/C14H18N2S/c1-9-14(13-7-10(15)8-17-13)11-5-3-4-6-12(11)16(9)2/h3-6,10,13H,7-8,15H2,1-2H3. The van der Waals surface area contributed by atoms with Crippen LogP contribution in [-0.2, 0) is 7.05 Å². The maximum absolute atomic E-state index is 6.04. The van der Waals surface area contributed by atoms with E-state index in [1.54, 1.807) is 0 Å². The zero-order valence-corrected chi connectivity index (χ0v) is 11.1. The predicted molar refractivity (Wildman–Crippen MR) is 75.4 cm³/mol. The van der Waals surface area contributed by atoms with Crippen LogP contribution in [-0.4, -0.2) is 16.4 Å². The second kappa shape index (κ2) is 4.07. The summed E-state index contributed by atoms with van der Waals surface area (Å²) in [7, 11) is 2.15. The van der Waals surface area contributed by atoms with Gasteiger partial charge >= 0.3 is 0 Å². The van der Waals surface area contributed by atoms with Crippen molar-refractivity contribution in [2.45, 2.75) is 24.6 Å². The summed E-state index contributed by atoms with van der Waals surface area (Å²) in [6.07, 6.45) is 1.11. The van der Waals surface area contributed by atoms with Crippen LogP contribution in [0.3, 0.4) is 0 Å². The molecular weight excluding hydrogens is 228 g/mol. The number of nitrogens with zero attached hydrogens (tertiary/aromatic N) is 1. The largest absolute Gasteiger partial charge is 0.348 e. The summed E-state index contributed by atoms with van der Waals surface area (Å²) in [5.41, 5.74) is 10.3. The van der Waals surface area contributed by atoms with Crippen LogP contribution >= 0.6 is 11.8 Å². The van der Waals surface area contributed by atoms with Gasteiger partial charge in [0.05, 0.1) is 0 Å². The lowest BCUT2D eigenvalue weighted by molar-refractivity contribution is 0.697. The molecule has 2 nitrogen and oxygen atoms in total. The molecule has 3 rings (SSSR count). The van der Waals surface area contributed by atoms with Crippen molar-refractivity contribution in [1.29, 1.82) is 0 Å². The van der Waals surface area contributed by atoms with Gasteiger partial charge in [0.2, 0.25) is 0 Å². The quantitative estimate of drug-likeness (QED) is 0.838. The molecule has 2 unspecified atom stereocenters. The van der Waals surface area contributed by atoms with Gasteiger partial charge in [0.25, 0.3) is 0 Å². The Morgan fingerprint density at radius 3 is 2.82 bits per heavy atom. The molecule has 1 fully saturated rings. The van der Waals surface area contributed by atoms with Crippen LogP contribution in [0.4, 0.5) is 0 Å². The molecule has 0 spiro atoms. The van der Waals surface area contributed by atoms with Gasteiger partial charge in [-0.05, 0) is 25.0 Å². The van der Waals surface area contributed by atoms with Crippen LogP contribution in [0.2, 0.25) is 0 Å². The lowest BCUT2D eigenvalue weighted by atomic mass is 10.0. The molecule has 0 amide bonds. The summed E-state index contributed by atoms with van der Waals surface area (Å²) in [5, 5.41) is 1.98. The Labute approximate surface area is 106 Å². The van der Waals surface area contributed by atoms with E-state index < -0.39 is 0 Å². The number of aromatic nitrogens is 1. The maximum Gasteiger partial charge on any atom is 0.0483 e. The number of nitrogens with two attached hydrogens (primary N) is 1. The van der Waals surface area contributed by atoms with Crippen molar-refractivity contribution < 1.29 is 0 Å². The molecule has 3 heteroatoms. The molecule has 0 saturated carbocycles. The van der Waals surface area contributed by atoms with E-state index in [0.29, 0.717) is 11.3 Å². The Kier molecular flexibility index (Phi) is 2.68. The van der Waals surface area contributed by atoms with E-state index in [1.165, 1.54) is 22.2 Å². The summed E-state index contributed by atoms with van der Waals surface area (Å²) < 4.78 is 2.30. The van der Waals surface area contributed by atoms with Crippen LogP contribution in [0, 0.1) is 6.92 Å². The van der Waals surface area contributed by atoms with Gasteiger partial charge in [-0.15, -0.1) is 0 Å². The monoisotopic (exact) mass is 246 g/mol. The number of aryl methyl sites for hydroxylation is 1. The Morgan fingerprint density at radius 2 is 2.12 bits per heavy atom. The smallest absolute Gasteiger partial charge is 0.0483 e. The molecule has 1 saturated heterocycles. The summed E-state index contributed by atoms with van der Waals surface area (Å²) in [4.78, 5) is 0. The van der Waals surface area contributed by atoms with Gasteiger partial charge in [-0.2, -0.15) is 11.8 Å². The van der Waals surface area contributed by atoms with Gasteiger partial charge in [-0.25, -0.2) is 0 Å². The minimum absolute atomic E-state index is 0.364. The highest BCUT2D eigenvalue weighted by Crippen LogP contribution is 2.44. The molecule has 1 aromatic heterocycles. The fourth-order valence-corrected chi connectivity index (χ4v) is 4.27.